The zero-order chi connectivity index (χ0) is 18.8. The summed E-state index contributed by atoms with van der Waals surface area (Å²) in [6.07, 6.45) is -3.91. The lowest BCUT2D eigenvalue weighted by molar-refractivity contribution is -0.138. The molecule has 26 heavy (non-hydrogen) atoms. The van der Waals surface area contributed by atoms with Gasteiger partial charge in [0.15, 0.2) is 0 Å². The number of nitrogens with zero attached hydrogens (tertiary/aromatic N) is 1. The van der Waals surface area contributed by atoms with Gasteiger partial charge >= 0.3 is 6.18 Å². The van der Waals surface area contributed by atoms with Crippen LogP contribution < -0.4 is 11.1 Å². The fraction of sp³-hybridized carbons (Fsp3) is 0.588. The second kappa shape index (κ2) is 8.54. The molecule has 1 aromatic rings. The highest BCUT2D eigenvalue weighted by atomic mass is 35.5. The highest BCUT2D eigenvalue weighted by Gasteiger charge is 2.35. The van der Waals surface area contributed by atoms with E-state index in [0.717, 1.165) is 18.6 Å². The van der Waals surface area contributed by atoms with E-state index in [0.29, 0.717) is 19.2 Å². The maximum absolute atomic E-state index is 13.1. The first-order valence-electron chi connectivity index (χ1n) is 8.09. The first kappa shape index (κ1) is 22.7. The molecule has 0 bridgehead atoms. The normalized spacial score (nSPS) is 20.3. The fourth-order valence-electron chi connectivity index (χ4n) is 3.04. The number of carbonyl (C=O) groups is 1. The SMILES string of the molecule is CC1(C)CN(CC(=O)NCc2ccc(F)cc2C(F)(F)F)CCC1N.Cl. The van der Waals surface area contributed by atoms with Crippen LogP contribution in [-0.2, 0) is 17.5 Å². The molecule has 1 aromatic carbocycles. The molecule has 1 aliphatic rings. The largest absolute Gasteiger partial charge is 0.416 e. The summed E-state index contributed by atoms with van der Waals surface area (Å²) >= 11 is 0. The van der Waals surface area contributed by atoms with Crippen LogP contribution in [-0.4, -0.2) is 36.5 Å². The van der Waals surface area contributed by atoms with Crippen LogP contribution in [0.1, 0.15) is 31.4 Å². The Labute approximate surface area is 156 Å². The monoisotopic (exact) mass is 397 g/mol. The maximum Gasteiger partial charge on any atom is 0.416 e. The maximum atomic E-state index is 13.1. The van der Waals surface area contributed by atoms with E-state index in [2.05, 4.69) is 5.32 Å². The summed E-state index contributed by atoms with van der Waals surface area (Å²) in [6.45, 7) is 5.16. The van der Waals surface area contributed by atoms with Gasteiger partial charge in [-0.15, -0.1) is 12.4 Å². The van der Waals surface area contributed by atoms with Crippen molar-refractivity contribution in [1.29, 1.82) is 0 Å². The summed E-state index contributed by atoms with van der Waals surface area (Å²) in [5.41, 5.74) is 4.68. The molecule has 1 aliphatic heterocycles. The van der Waals surface area contributed by atoms with Crippen LogP contribution in [0.25, 0.3) is 0 Å². The topological polar surface area (TPSA) is 58.4 Å². The molecule has 148 valence electrons. The van der Waals surface area contributed by atoms with Gasteiger partial charge in [0.05, 0.1) is 12.1 Å². The van der Waals surface area contributed by atoms with Gasteiger partial charge in [-0.1, -0.05) is 19.9 Å². The molecule has 0 aromatic heterocycles. The van der Waals surface area contributed by atoms with Crippen LogP contribution in [0.5, 0.6) is 0 Å². The first-order valence-corrected chi connectivity index (χ1v) is 8.09. The number of hydrogen-bond acceptors (Lipinski definition) is 3. The van der Waals surface area contributed by atoms with Gasteiger partial charge in [0.2, 0.25) is 5.91 Å². The number of benzene rings is 1. The minimum atomic E-state index is -4.67. The minimum Gasteiger partial charge on any atom is -0.351 e. The van der Waals surface area contributed by atoms with Crippen molar-refractivity contribution in [2.75, 3.05) is 19.6 Å². The number of hydrogen-bond donors (Lipinski definition) is 2. The number of nitrogens with one attached hydrogen (secondary N) is 1. The summed E-state index contributed by atoms with van der Waals surface area (Å²) < 4.78 is 51.9. The summed E-state index contributed by atoms with van der Waals surface area (Å²) in [7, 11) is 0. The van der Waals surface area contributed by atoms with Crippen molar-refractivity contribution in [1.82, 2.24) is 10.2 Å². The second-order valence-corrected chi connectivity index (χ2v) is 7.17. The number of piperidine rings is 1. The molecule has 1 fully saturated rings. The number of nitrogens with two attached hydrogens (primary N) is 1. The highest BCUT2D eigenvalue weighted by molar-refractivity contribution is 5.85. The van der Waals surface area contributed by atoms with Gasteiger partial charge < -0.3 is 11.1 Å². The number of halogens is 5. The number of likely N-dealkylation sites (tertiary alicyclic amines) is 1. The Balaban J connectivity index is 0.00000338. The second-order valence-electron chi connectivity index (χ2n) is 7.17. The van der Waals surface area contributed by atoms with E-state index in [9.17, 15) is 22.4 Å². The molecule has 0 spiro atoms. The van der Waals surface area contributed by atoms with E-state index in [-0.39, 0.29) is 48.4 Å². The summed E-state index contributed by atoms with van der Waals surface area (Å²) in [4.78, 5) is 14.0. The van der Waals surface area contributed by atoms with E-state index in [1.54, 1.807) is 0 Å². The Morgan fingerprint density at radius 1 is 1.38 bits per heavy atom. The van der Waals surface area contributed by atoms with E-state index in [1.807, 2.05) is 18.7 Å². The standard InChI is InChI=1S/C17H23F4N3O.ClH/c1-16(2)10-24(6-5-14(16)22)9-15(25)23-8-11-3-4-12(18)7-13(11)17(19,20)21;/h3-4,7,14H,5-6,8-10,22H2,1-2H3,(H,23,25);1H. The molecule has 1 unspecified atom stereocenters. The van der Waals surface area contributed by atoms with Crippen molar-refractivity contribution < 1.29 is 22.4 Å². The van der Waals surface area contributed by atoms with Crippen LogP contribution in [0.2, 0.25) is 0 Å². The molecule has 1 heterocycles. The van der Waals surface area contributed by atoms with Crippen molar-refractivity contribution in [3.05, 3.63) is 35.1 Å². The van der Waals surface area contributed by atoms with Gasteiger partial charge in [0.1, 0.15) is 5.82 Å². The number of carbonyl (C=O) groups excluding carboxylic acids is 1. The molecular formula is C17H24ClF4N3O. The highest BCUT2D eigenvalue weighted by Crippen LogP contribution is 2.32. The van der Waals surface area contributed by atoms with Crippen molar-refractivity contribution >= 4 is 18.3 Å². The van der Waals surface area contributed by atoms with Gasteiger partial charge in [-0.25, -0.2) is 4.39 Å². The predicted molar refractivity (Wildman–Crippen MR) is 93.3 cm³/mol. The van der Waals surface area contributed by atoms with Crippen molar-refractivity contribution in [2.24, 2.45) is 11.1 Å². The van der Waals surface area contributed by atoms with Crippen molar-refractivity contribution in [2.45, 2.75) is 39.0 Å². The predicted octanol–water partition coefficient (Wildman–Crippen LogP) is 2.94. The van der Waals surface area contributed by atoms with Gasteiger partial charge in [-0.2, -0.15) is 13.2 Å². The van der Waals surface area contributed by atoms with E-state index < -0.39 is 17.6 Å². The van der Waals surface area contributed by atoms with Crippen LogP contribution in [0.3, 0.4) is 0 Å². The van der Waals surface area contributed by atoms with Crippen LogP contribution in [0.15, 0.2) is 18.2 Å². The fourth-order valence-corrected chi connectivity index (χ4v) is 3.04. The molecule has 2 rings (SSSR count). The molecule has 1 saturated heterocycles. The Morgan fingerprint density at radius 2 is 2.04 bits per heavy atom. The van der Waals surface area contributed by atoms with Gasteiger partial charge in [0, 0.05) is 25.7 Å². The van der Waals surface area contributed by atoms with Crippen LogP contribution in [0, 0.1) is 11.2 Å². The smallest absolute Gasteiger partial charge is 0.351 e. The molecular weight excluding hydrogens is 374 g/mol. The third-order valence-electron chi connectivity index (χ3n) is 4.61. The molecule has 1 atom stereocenters. The minimum absolute atomic E-state index is 0. The first-order chi connectivity index (χ1) is 11.5. The zero-order valence-corrected chi connectivity index (χ0v) is 15.5. The number of rotatable bonds is 4. The van der Waals surface area contributed by atoms with Crippen LogP contribution in [0.4, 0.5) is 17.6 Å². The molecule has 1 amide bonds. The summed E-state index contributed by atoms with van der Waals surface area (Å²) in [5.74, 6) is -1.34. The summed E-state index contributed by atoms with van der Waals surface area (Å²) in [6, 6.07) is 2.49. The van der Waals surface area contributed by atoms with Gasteiger partial charge in [-0.3, -0.25) is 9.69 Å². The Kier molecular flexibility index (Phi) is 7.44. The third-order valence-corrected chi connectivity index (χ3v) is 4.61. The molecule has 0 saturated carbocycles. The van der Waals surface area contributed by atoms with Gasteiger partial charge in [-0.05, 0) is 29.5 Å². The number of amides is 1. The Morgan fingerprint density at radius 3 is 2.62 bits per heavy atom. The van der Waals surface area contributed by atoms with Crippen LogP contribution >= 0.6 is 12.4 Å². The van der Waals surface area contributed by atoms with E-state index in [4.69, 9.17) is 5.73 Å². The number of alkyl halides is 3. The molecule has 0 aliphatic carbocycles. The lowest BCUT2D eigenvalue weighted by atomic mass is 9.80. The average molecular weight is 398 g/mol. The molecule has 9 heteroatoms. The third kappa shape index (κ3) is 5.82. The van der Waals surface area contributed by atoms with E-state index in [1.165, 1.54) is 0 Å². The van der Waals surface area contributed by atoms with E-state index >= 15 is 0 Å². The lowest BCUT2D eigenvalue weighted by Crippen LogP contribution is -2.54. The average Bonchev–Trinajstić information content (AvgIpc) is 2.48. The van der Waals surface area contributed by atoms with Crippen molar-refractivity contribution in [3.63, 3.8) is 0 Å². The molecule has 3 N–H and O–H groups in total. The van der Waals surface area contributed by atoms with Crippen molar-refractivity contribution in [3.8, 4) is 0 Å². The molecule has 4 nitrogen and oxygen atoms in total. The Hall–Kier alpha value is -1.38. The Bertz CT molecular complexity index is 637. The quantitative estimate of drug-likeness (QED) is 0.768. The summed E-state index contributed by atoms with van der Waals surface area (Å²) in [5, 5.41) is 2.48. The zero-order valence-electron chi connectivity index (χ0n) is 14.7. The van der Waals surface area contributed by atoms with Gasteiger partial charge in [0.25, 0.3) is 0 Å². The molecule has 0 radical (unpaired) electrons. The lowest BCUT2D eigenvalue weighted by Gasteiger charge is -2.42.